The van der Waals surface area contributed by atoms with Gasteiger partial charge in [-0.05, 0) is 25.3 Å². The van der Waals surface area contributed by atoms with Gasteiger partial charge in [-0.2, -0.15) is 0 Å². The first-order valence-corrected chi connectivity index (χ1v) is 11.5. The Balaban J connectivity index is 1.49. The molecule has 33 heavy (non-hydrogen) atoms. The van der Waals surface area contributed by atoms with E-state index in [9.17, 15) is 23.5 Å². The molecule has 1 amide bonds. The van der Waals surface area contributed by atoms with Crippen molar-refractivity contribution in [2.45, 2.75) is 51.9 Å². The van der Waals surface area contributed by atoms with Crippen molar-refractivity contribution >= 4 is 17.2 Å². The highest BCUT2D eigenvalue weighted by molar-refractivity contribution is 7.14. The Bertz CT molecular complexity index is 1270. The van der Waals surface area contributed by atoms with Gasteiger partial charge in [-0.15, -0.1) is 10.2 Å². The molecule has 4 heterocycles. The maximum absolute atomic E-state index is 14.3. The molecule has 2 aromatic rings. The lowest BCUT2D eigenvalue weighted by Crippen LogP contribution is -2.56. The average molecular weight is 477 g/mol. The summed E-state index contributed by atoms with van der Waals surface area (Å²) in [5.74, 6) is -2.47. The number of carbonyl (C=O) groups is 1. The van der Waals surface area contributed by atoms with Crippen LogP contribution in [0.15, 0.2) is 34.3 Å². The smallest absolute Gasteiger partial charge is 0.276 e. The predicted octanol–water partition coefficient (Wildman–Crippen LogP) is 3.32. The second-order valence-corrected chi connectivity index (χ2v) is 9.72. The topological polar surface area (TPSA) is 97.5 Å². The van der Waals surface area contributed by atoms with Gasteiger partial charge in [0.1, 0.15) is 16.7 Å². The van der Waals surface area contributed by atoms with Crippen LogP contribution in [0.4, 0.5) is 8.78 Å². The number of ether oxygens (including phenoxy) is 1. The molecular weight excluding hydrogens is 454 g/mol. The second kappa shape index (κ2) is 8.14. The number of pyridine rings is 1. The number of carbonyl (C=O) groups excluding carboxylic acids is 1. The van der Waals surface area contributed by atoms with E-state index in [1.807, 2.05) is 6.92 Å². The van der Waals surface area contributed by atoms with Crippen molar-refractivity contribution in [2.24, 2.45) is 5.92 Å². The molecule has 0 bridgehead atoms. The molecule has 8 nitrogen and oxygen atoms in total. The van der Waals surface area contributed by atoms with Crippen LogP contribution in [-0.4, -0.2) is 49.6 Å². The standard InChI is InChI=1S/C22H22F2N4O4S/c1-10-5-14(23)12(15(24)6-10)7-16-25-26-21(33-16)13-8-27-9-17-28(11(2)3-4-32-17)22(31)18(27)20(30)19(13)29/h5,8,10-11,17,30H,3-4,6-7,9H2,1-2H3/t10?,11-,17?/m0/s1. The van der Waals surface area contributed by atoms with Gasteiger partial charge in [0.2, 0.25) is 5.43 Å². The summed E-state index contributed by atoms with van der Waals surface area (Å²) in [7, 11) is 0. The van der Waals surface area contributed by atoms with E-state index in [1.54, 1.807) is 11.8 Å². The molecular formula is C22H22F2N4O4S. The summed E-state index contributed by atoms with van der Waals surface area (Å²) in [5, 5.41) is 19.2. The number of aromatic nitrogens is 3. The Morgan fingerprint density at radius 1 is 1.27 bits per heavy atom. The Morgan fingerprint density at radius 2 is 2.06 bits per heavy atom. The molecule has 174 valence electrons. The van der Waals surface area contributed by atoms with Crippen molar-refractivity contribution in [3.8, 4) is 16.3 Å². The van der Waals surface area contributed by atoms with E-state index < -0.39 is 35.0 Å². The van der Waals surface area contributed by atoms with E-state index >= 15 is 0 Å². The molecule has 2 unspecified atom stereocenters. The second-order valence-electron chi connectivity index (χ2n) is 8.65. The molecule has 1 saturated heterocycles. The summed E-state index contributed by atoms with van der Waals surface area (Å²) < 4.78 is 35.8. The van der Waals surface area contributed by atoms with Gasteiger partial charge in [-0.25, -0.2) is 8.78 Å². The maximum atomic E-state index is 14.3. The normalized spacial score (nSPS) is 25.1. The van der Waals surface area contributed by atoms with Gasteiger partial charge < -0.3 is 19.3 Å². The van der Waals surface area contributed by atoms with Gasteiger partial charge in [-0.1, -0.05) is 18.3 Å². The Hall–Kier alpha value is -2.92. The third-order valence-electron chi connectivity index (χ3n) is 6.25. The number of nitrogens with zero attached hydrogens (tertiary/aromatic N) is 4. The zero-order valence-electron chi connectivity index (χ0n) is 18.0. The lowest BCUT2D eigenvalue weighted by Gasteiger charge is -2.44. The Kier molecular flexibility index (Phi) is 5.40. The minimum atomic E-state index is -0.746. The lowest BCUT2D eigenvalue weighted by molar-refractivity contribution is -0.112. The molecule has 1 N–H and O–H groups in total. The average Bonchev–Trinajstić information content (AvgIpc) is 3.21. The van der Waals surface area contributed by atoms with Crippen molar-refractivity contribution in [1.82, 2.24) is 19.7 Å². The van der Waals surface area contributed by atoms with E-state index in [1.165, 1.54) is 16.8 Å². The molecule has 11 heteroatoms. The van der Waals surface area contributed by atoms with Crippen LogP contribution in [0, 0.1) is 5.92 Å². The monoisotopic (exact) mass is 476 g/mol. The van der Waals surface area contributed by atoms with Gasteiger partial charge in [0.05, 0.1) is 18.7 Å². The van der Waals surface area contributed by atoms with Crippen molar-refractivity contribution in [2.75, 3.05) is 6.61 Å². The van der Waals surface area contributed by atoms with Crippen LogP contribution in [0.2, 0.25) is 0 Å². The minimum Gasteiger partial charge on any atom is -0.503 e. The molecule has 3 aliphatic rings. The van der Waals surface area contributed by atoms with Crippen LogP contribution in [0.1, 0.15) is 42.2 Å². The van der Waals surface area contributed by atoms with E-state index in [4.69, 9.17) is 4.74 Å². The van der Waals surface area contributed by atoms with E-state index in [2.05, 4.69) is 10.2 Å². The first-order chi connectivity index (χ1) is 15.7. The molecule has 2 aromatic heterocycles. The number of allylic oxidation sites excluding steroid dienone is 4. The summed E-state index contributed by atoms with van der Waals surface area (Å²) >= 11 is 1.01. The van der Waals surface area contributed by atoms with Crippen LogP contribution in [-0.2, 0) is 17.7 Å². The van der Waals surface area contributed by atoms with E-state index in [0.717, 1.165) is 11.3 Å². The molecule has 0 saturated carbocycles. The number of rotatable bonds is 3. The molecule has 0 aromatic carbocycles. The van der Waals surface area contributed by atoms with Crippen LogP contribution in [0.25, 0.3) is 10.6 Å². The summed E-state index contributed by atoms with van der Waals surface area (Å²) in [5.41, 5.74) is -0.829. The fourth-order valence-electron chi connectivity index (χ4n) is 4.52. The third-order valence-corrected chi connectivity index (χ3v) is 7.21. The highest BCUT2D eigenvalue weighted by Gasteiger charge is 2.40. The fraction of sp³-hybridized carbons (Fsp3) is 0.455. The Labute approximate surface area is 191 Å². The predicted molar refractivity (Wildman–Crippen MR) is 116 cm³/mol. The summed E-state index contributed by atoms with van der Waals surface area (Å²) in [6.45, 7) is 4.40. The molecule has 5 rings (SSSR count). The zero-order chi connectivity index (χ0) is 23.4. The Morgan fingerprint density at radius 3 is 2.82 bits per heavy atom. The highest BCUT2D eigenvalue weighted by atomic mass is 32.1. The minimum absolute atomic E-state index is 0.0601. The van der Waals surface area contributed by atoms with Crippen molar-refractivity contribution < 1.29 is 23.4 Å². The molecule has 0 spiro atoms. The zero-order valence-corrected chi connectivity index (χ0v) is 18.9. The van der Waals surface area contributed by atoms with Crippen LogP contribution < -0.4 is 5.43 Å². The SMILES string of the molecule is CC1C=C(F)C(Cc2nnc(-c3cn4c(c(O)c3=O)C(=O)N3C(C4)OCC[C@@H]3C)s2)=C(F)C1. The molecule has 0 radical (unpaired) electrons. The molecule has 2 aliphatic heterocycles. The van der Waals surface area contributed by atoms with Gasteiger partial charge in [0.15, 0.2) is 22.7 Å². The summed E-state index contributed by atoms with van der Waals surface area (Å²) in [6, 6.07) is -0.0724. The van der Waals surface area contributed by atoms with Crippen molar-refractivity contribution in [3.63, 3.8) is 0 Å². The largest absolute Gasteiger partial charge is 0.503 e. The van der Waals surface area contributed by atoms with E-state index in [-0.39, 0.29) is 53.2 Å². The quantitative estimate of drug-likeness (QED) is 0.730. The number of fused-ring (bicyclic) bond motifs is 2. The van der Waals surface area contributed by atoms with Crippen LogP contribution in [0.3, 0.4) is 0 Å². The first-order valence-electron chi connectivity index (χ1n) is 10.7. The number of aromatic hydroxyl groups is 1. The number of amides is 1. The molecule has 3 atom stereocenters. The number of hydrogen-bond donors (Lipinski definition) is 1. The van der Waals surface area contributed by atoms with Crippen LogP contribution in [0.5, 0.6) is 5.75 Å². The third kappa shape index (κ3) is 3.68. The maximum Gasteiger partial charge on any atom is 0.276 e. The number of halogens is 2. The van der Waals surface area contributed by atoms with Gasteiger partial charge in [-0.3, -0.25) is 9.59 Å². The number of hydrogen-bond acceptors (Lipinski definition) is 7. The summed E-state index contributed by atoms with van der Waals surface area (Å²) in [4.78, 5) is 27.5. The van der Waals surface area contributed by atoms with Gasteiger partial charge in [0, 0.05) is 30.7 Å². The summed E-state index contributed by atoms with van der Waals surface area (Å²) in [6.07, 6.45) is 3.06. The lowest BCUT2D eigenvalue weighted by atomic mass is 9.95. The van der Waals surface area contributed by atoms with E-state index in [0.29, 0.717) is 18.0 Å². The molecule has 1 aliphatic carbocycles. The van der Waals surface area contributed by atoms with Crippen molar-refractivity contribution in [3.05, 3.63) is 50.4 Å². The molecule has 1 fully saturated rings. The van der Waals surface area contributed by atoms with Crippen LogP contribution >= 0.6 is 11.3 Å². The highest BCUT2D eigenvalue weighted by Crippen LogP contribution is 2.35. The van der Waals surface area contributed by atoms with Crippen molar-refractivity contribution in [1.29, 1.82) is 0 Å². The van der Waals surface area contributed by atoms with Gasteiger partial charge in [0.25, 0.3) is 5.91 Å². The fourth-order valence-corrected chi connectivity index (χ4v) is 5.38. The van der Waals surface area contributed by atoms with Gasteiger partial charge >= 0.3 is 0 Å². The first kappa shape index (κ1) is 21.9.